The minimum Gasteiger partial charge on any atom is -0.459 e. The van der Waals surface area contributed by atoms with E-state index in [4.69, 9.17) is 9.15 Å². The summed E-state index contributed by atoms with van der Waals surface area (Å²) in [6, 6.07) is 10.1. The average Bonchev–Trinajstić information content (AvgIpc) is 3.22. The Morgan fingerprint density at radius 1 is 0.967 bits per heavy atom. The third kappa shape index (κ3) is 7.08. The van der Waals surface area contributed by atoms with Crippen molar-refractivity contribution in [1.82, 2.24) is 16.0 Å². The number of urea groups is 1. The molecule has 0 radical (unpaired) electrons. The molecule has 0 spiro atoms. The molecular weight excluding hydrogens is 390 g/mol. The minimum absolute atomic E-state index is 0.0389. The molecule has 0 aliphatic carbocycles. The van der Waals surface area contributed by atoms with Crippen molar-refractivity contribution in [2.75, 3.05) is 0 Å². The lowest BCUT2D eigenvalue weighted by Crippen LogP contribution is -2.49. The van der Waals surface area contributed by atoms with Crippen LogP contribution in [0, 0.1) is 0 Å². The van der Waals surface area contributed by atoms with E-state index in [1.165, 1.54) is 19.3 Å². The van der Waals surface area contributed by atoms with Crippen molar-refractivity contribution in [2.24, 2.45) is 0 Å². The first-order valence-electron chi connectivity index (χ1n) is 9.46. The van der Waals surface area contributed by atoms with Gasteiger partial charge in [-0.05, 0) is 38.5 Å². The lowest BCUT2D eigenvalue weighted by Gasteiger charge is -2.20. The van der Waals surface area contributed by atoms with Gasteiger partial charge in [-0.3, -0.25) is 14.9 Å². The molecule has 3 N–H and O–H groups in total. The number of imide groups is 1. The number of ether oxygens (including phenoxy) is 1. The van der Waals surface area contributed by atoms with E-state index in [1.807, 2.05) is 6.07 Å². The molecule has 4 amide bonds. The van der Waals surface area contributed by atoms with Gasteiger partial charge in [0.05, 0.1) is 6.26 Å². The fourth-order valence-electron chi connectivity index (χ4n) is 2.50. The summed E-state index contributed by atoms with van der Waals surface area (Å²) < 4.78 is 10.2. The molecule has 0 fully saturated rings. The largest absolute Gasteiger partial charge is 0.459 e. The van der Waals surface area contributed by atoms with E-state index in [0.717, 1.165) is 5.56 Å². The summed E-state index contributed by atoms with van der Waals surface area (Å²) in [7, 11) is 0. The zero-order valence-corrected chi connectivity index (χ0v) is 17.0. The molecule has 1 aromatic carbocycles. The fraction of sp³-hybridized carbons (Fsp3) is 0.333. The second kappa shape index (κ2) is 10.8. The second-order valence-corrected chi connectivity index (χ2v) is 6.89. The standard InChI is InChI=1S/C21H25N3O6/c1-13(2)22-21(28)24-18(25)14(3)30-20(27)16(12-15-8-5-4-6-9-15)23-19(26)17-10-7-11-29-17/h4-11,13-14,16H,12H2,1-3H3,(H,23,26)(H2,22,24,25,28)/t14-,16+/m1/s1. The second-order valence-electron chi connectivity index (χ2n) is 6.89. The molecule has 2 rings (SSSR count). The van der Waals surface area contributed by atoms with E-state index in [1.54, 1.807) is 44.2 Å². The van der Waals surface area contributed by atoms with Gasteiger partial charge in [-0.1, -0.05) is 30.3 Å². The number of hydrogen-bond donors (Lipinski definition) is 3. The molecule has 0 unspecified atom stereocenters. The van der Waals surface area contributed by atoms with Crippen LogP contribution in [0.15, 0.2) is 53.1 Å². The van der Waals surface area contributed by atoms with Gasteiger partial charge in [-0.15, -0.1) is 0 Å². The van der Waals surface area contributed by atoms with Crippen molar-refractivity contribution in [3.8, 4) is 0 Å². The van der Waals surface area contributed by atoms with Crippen LogP contribution in [0.3, 0.4) is 0 Å². The molecule has 2 aromatic rings. The predicted molar refractivity (Wildman–Crippen MR) is 107 cm³/mol. The maximum absolute atomic E-state index is 12.7. The Labute approximate surface area is 174 Å². The van der Waals surface area contributed by atoms with Gasteiger partial charge >= 0.3 is 12.0 Å². The Bertz CT molecular complexity index is 864. The summed E-state index contributed by atoms with van der Waals surface area (Å²) in [6.45, 7) is 4.82. The predicted octanol–water partition coefficient (Wildman–Crippen LogP) is 1.79. The molecule has 160 valence electrons. The Hall–Kier alpha value is -3.62. The first-order valence-corrected chi connectivity index (χ1v) is 9.46. The van der Waals surface area contributed by atoms with Crippen molar-refractivity contribution in [3.63, 3.8) is 0 Å². The molecule has 0 saturated heterocycles. The molecular formula is C21H25N3O6. The highest BCUT2D eigenvalue weighted by molar-refractivity contribution is 5.98. The maximum atomic E-state index is 12.7. The van der Waals surface area contributed by atoms with Gasteiger partial charge < -0.3 is 19.8 Å². The number of nitrogens with one attached hydrogen (secondary N) is 3. The minimum atomic E-state index is -1.24. The van der Waals surface area contributed by atoms with Crippen molar-refractivity contribution in [3.05, 3.63) is 60.1 Å². The maximum Gasteiger partial charge on any atom is 0.329 e. The van der Waals surface area contributed by atoms with E-state index in [9.17, 15) is 19.2 Å². The van der Waals surface area contributed by atoms with Crippen molar-refractivity contribution in [1.29, 1.82) is 0 Å². The van der Waals surface area contributed by atoms with Crippen LogP contribution < -0.4 is 16.0 Å². The molecule has 9 heteroatoms. The van der Waals surface area contributed by atoms with E-state index in [2.05, 4.69) is 16.0 Å². The van der Waals surface area contributed by atoms with Crippen molar-refractivity contribution < 1.29 is 28.3 Å². The molecule has 0 aliphatic rings. The average molecular weight is 415 g/mol. The van der Waals surface area contributed by atoms with Crippen LogP contribution in [-0.2, 0) is 20.7 Å². The van der Waals surface area contributed by atoms with Crippen LogP contribution in [-0.4, -0.2) is 42.0 Å². The van der Waals surface area contributed by atoms with E-state index in [-0.39, 0.29) is 18.2 Å². The Balaban J connectivity index is 2.04. The molecule has 2 atom stereocenters. The first kappa shape index (κ1) is 22.7. The van der Waals surface area contributed by atoms with Gasteiger partial charge in [0, 0.05) is 12.5 Å². The zero-order valence-electron chi connectivity index (χ0n) is 17.0. The summed E-state index contributed by atoms with van der Waals surface area (Å²) in [5, 5.41) is 7.16. The van der Waals surface area contributed by atoms with E-state index < -0.39 is 36.0 Å². The monoisotopic (exact) mass is 415 g/mol. The van der Waals surface area contributed by atoms with E-state index in [0.29, 0.717) is 0 Å². The highest BCUT2D eigenvalue weighted by Gasteiger charge is 2.28. The number of amides is 4. The van der Waals surface area contributed by atoms with Gasteiger partial charge in [0.2, 0.25) is 0 Å². The zero-order chi connectivity index (χ0) is 22.1. The summed E-state index contributed by atoms with van der Waals surface area (Å²) in [5.74, 6) is -2.15. The third-order valence-corrected chi connectivity index (χ3v) is 3.94. The van der Waals surface area contributed by atoms with Crippen LogP contribution in [0.25, 0.3) is 0 Å². The van der Waals surface area contributed by atoms with Gasteiger partial charge in [0.15, 0.2) is 11.9 Å². The number of benzene rings is 1. The number of carbonyl (C=O) groups excluding carboxylic acids is 4. The number of furan rings is 1. The number of hydrogen-bond acceptors (Lipinski definition) is 6. The molecule has 30 heavy (non-hydrogen) atoms. The van der Waals surface area contributed by atoms with Gasteiger partial charge in [0.25, 0.3) is 11.8 Å². The number of rotatable bonds is 8. The Kier molecular flexibility index (Phi) is 8.16. The van der Waals surface area contributed by atoms with Gasteiger partial charge in [0.1, 0.15) is 6.04 Å². The highest BCUT2D eigenvalue weighted by Crippen LogP contribution is 2.08. The fourth-order valence-corrected chi connectivity index (χ4v) is 2.50. The van der Waals surface area contributed by atoms with Crippen LogP contribution in [0.1, 0.15) is 36.9 Å². The van der Waals surface area contributed by atoms with Crippen LogP contribution in [0.4, 0.5) is 4.79 Å². The molecule has 9 nitrogen and oxygen atoms in total. The normalized spacial score (nSPS) is 12.5. The molecule has 1 heterocycles. The quantitative estimate of drug-likeness (QED) is 0.564. The van der Waals surface area contributed by atoms with Crippen LogP contribution in [0.2, 0.25) is 0 Å². The van der Waals surface area contributed by atoms with Gasteiger partial charge in [-0.2, -0.15) is 0 Å². The van der Waals surface area contributed by atoms with Crippen molar-refractivity contribution in [2.45, 2.75) is 45.4 Å². The van der Waals surface area contributed by atoms with Crippen LogP contribution >= 0.6 is 0 Å². The third-order valence-electron chi connectivity index (χ3n) is 3.94. The molecule has 0 saturated carbocycles. The lowest BCUT2D eigenvalue weighted by atomic mass is 10.1. The number of carbonyl (C=O) groups is 4. The van der Waals surface area contributed by atoms with Gasteiger partial charge in [-0.25, -0.2) is 9.59 Å². The summed E-state index contributed by atoms with van der Waals surface area (Å²) in [5.41, 5.74) is 0.785. The van der Waals surface area contributed by atoms with Crippen LogP contribution in [0.5, 0.6) is 0 Å². The Morgan fingerprint density at radius 3 is 2.27 bits per heavy atom. The summed E-state index contributed by atoms with van der Waals surface area (Å²) >= 11 is 0. The summed E-state index contributed by atoms with van der Waals surface area (Å²) in [4.78, 5) is 48.8. The topological polar surface area (TPSA) is 127 Å². The first-order chi connectivity index (χ1) is 14.3. The van der Waals surface area contributed by atoms with E-state index >= 15 is 0 Å². The highest BCUT2D eigenvalue weighted by atomic mass is 16.5. The smallest absolute Gasteiger partial charge is 0.329 e. The molecule has 1 aromatic heterocycles. The summed E-state index contributed by atoms with van der Waals surface area (Å²) in [6.07, 6.45) is 0.247. The number of esters is 1. The SMILES string of the molecule is CC(C)NC(=O)NC(=O)[C@@H](C)OC(=O)[C@H](Cc1ccccc1)NC(=O)c1ccco1. The molecule has 0 bridgehead atoms. The van der Waals surface area contributed by atoms with Crippen molar-refractivity contribution >= 4 is 23.8 Å². The molecule has 0 aliphatic heterocycles. The lowest BCUT2D eigenvalue weighted by molar-refractivity contribution is -0.156. The Morgan fingerprint density at radius 2 is 1.67 bits per heavy atom.